The Bertz CT molecular complexity index is 740. The van der Waals surface area contributed by atoms with Gasteiger partial charge in [-0.1, -0.05) is 109 Å². The Labute approximate surface area is 238 Å². The molecular weight excluding hydrogens is 500 g/mol. The zero-order valence-corrected chi connectivity index (χ0v) is 25.7. The van der Waals surface area contributed by atoms with Crippen LogP contribution in [0.1, 0.15) is 124 Å². The molecule has 0 heterocycles. The number of rotatable bonds is 18. The van der Waals surface area contributed by atoms with E-state index in [1.807, 2.05) is 50.4 Å². The molecule has 0 radical (unpaired) electrons. The van der Waals surface area contributed by atoms with Crippen LogP contribution in [0.25, 0.3) is 0 Å². The number of carbonyl (C=O) groups is 2. The number of aliphatic imine (C=N–C) groups is 1. The van der Waals surface area contributed by atoms with Crippen LogP contribution >= 0.6 is 12.4 Å². The maximum Gasteiger partial charge on any atom is 0.333 e. The van der Waals surface area contributed by atoms with Crippen LogP contribution < -0.4 is 5.73 Å². The summed E-state index contributed by atoms with van der Waals surface area (Å²) >= 11 is 0. The Hall–Kier alpha value is -1.92. The van der Waals surface area contributed by atoms with Crippen LogP contribution in [0, 0.1) is 0 Å². The smallest absolute Gasteiger partial charge is 0.333 e. The number of hydrogen-bond donors (Lipinski definition) is 1. The van der Waals surface area contributed by atoms with Gasteiger partial charge in [0.05, 0.1) is 13.2 Å². The molecule has 0 amide bonds. The van der Waals surface area contributed by atoms with Gasteiger partial charge in [-0.15, -0.1) is 12.4 Å². The van der Waals surface area contributed by atoms with Gasteiger partial charge in [0.1, 0.15) is 5.54 Å². The van der Waals surface area contributed by atoms with E-state index in [-0.39, 0.29) is 24.3 Å². The second-order valence-electron chi connectivity index (χ2n) is 9.71. The highest BCUT2D eigenvalue weighted by molar-refractivity contribution is 5.87. The van der Waals surface area contributed by atoms with Gasteiger partial charge in [0, 0.05) is 6.21 Å². The van der Waals surface area contributed by atoms with Gasteiger partial charge in [-0.3, -0.25) is 9.79 Å². The molecule has 0 fully saturated rings. The van der Waals surface area contributed by atoms with Crippen molar-refractivity contribution in [2.75, 3.05) is 13.2 Å². The van der Waals surface area contributed by atoms with E-state index in [1.165, 1.54) is 0 Å². The molecule has 1 rings (SSSR count). The third-order valence-corrected chi connectivity index (χ3v) is 6.44. The Morgan fingerprint density at radius 2 is 1.16 bits per heavy atom. The fourth-order valence-electron chi connectivity index (χ4n) is 4.04. The van der Waals surface area contributed by atoms with Crippen LogP contribution in [-0.4, -0.2) is 42.4 Å². The zero-order valence-electron chi connectivity index (χ0n) is 24.9. The summed E-state index contributed by atoms with van der Waals surface area (Å²) in [5, 5.41) is 0. The van der Waals surface area contributed by atoms with Gasteiger partial charge in [-0.25, -0.2) is 4.79 Å². The predicted octanol–water partition coefficient (Wildman–Crippen LogP) is 7.84. The van der Waals surface area contributed by atoms with E-state index in [9.17, 15) is 9.59 Å². The Morgan fingerprint density at radius 1 is 0.737 bits per heavy atom. The SMILES string of the molecule is CCCCC(CCCC)(N=Cc1ccccc1)C(=O)OCC.CCCCC(N)(CCCC)C(=O)OCC.Cl. The maximum atomic E-state index is 12.6. The van der Waals surface area contributed by atoms with Gasteiger partial charge < -0.3 is 15.2 Å². The average Bonchev–Trinajstić information content (AvgIpc) is 2.91. The average molecular weight is 555 g/mol. The highest BCUT2D eigenvalue weighted by Crippen LogP contribution is 2.28. The molecule has 1 aromatic carbocycles. The maximum absolute atomic E-state index is 12.6. The van der Waals surface area contributed by atoms with Crippen molar-refractivity contribution in [1.82, 2.24) is 0 Å². The van der Waals surface area contributed by atoms with Gasteiger partial charge >= 0.3 is 11.9 Å². The number of benzene rings is 1. The number of esters is 2. The molecule has 0 saturated heterocycles. The van der Waals surface area contributed by atoms with Crippen molar-refractivity contribution in [3.63, 3.8) is 0 Å². The number of nitrogens with zero attached hydrogens (tertiary/aromatic N) is 1. The highest BCUT2D eigenvalue weighted by Gasteiger charge is 2.38. The van der Waals surface area contributed by atoms with Gasteiger partial charge in [-0.05, 0) is 45.1 Å². The first kappa shape index (κ1) is 38.2. The van der Waals surface area contributed by atoms with Crippen molar-refractivity contribution in [1.29, 1.82) is 0 Å². The number of unbranched alkanes of at least 4 members (excludes halogenated alkanes) is 4. The minimum atomic E-state index is -0.748. The van der Waals surface area contributed by atoms with E-state index in [0.29, 0.717) is 13.2 Å². The number of nitrogens with two attached hydrogens (primary N) is 1. The molecule has 220 valence electrons. The minimum absolute atomic E-state index is 0. The summed E-state index contributed by atoms with van der Waals surface area (Å²) in [7, 11) is 0. The second kappa shape index (κ2) is 23.0. The van der Waals surface area contributed by atoms with E-state index >= 15 is 0 Å². The van der Waals surface area contributed by atoms with Crippen molar-refractivity contribution in [2.45, 2.75) is 130 Å². The zero-order chi connectivity index (χ0) is 28.0. The largest absolute Gasteiger partial charge is 0.465 e. The molecule has 0 bridgehead atoms. The molecule has 7 heteroatoms. The predicted molar refractivity (Wildman–Crippen MR) is 162 cm³/mol. The molecular formula is C31H55ClN2O4. The molecule has 6 nitrogen and oxygen atoms in total. The lowest BCUT2D eigenvalue weighted by molar-refractivity contribution is -0.151. The molecule has 0 aliphatic rings. The summed E-state index contributed by atoms with van der Waals surface area (Å²) in [5.74, 6) is -0.406. The van der Waals surface area contributed by atoms with Crippen molar-refractivity contribution < 1.29 is 19.1 Å². The summed E-state index contributed by atoms with van der Waals surface area (Å²) in [6.45, 7) is 13.0. The third kappa shape index (κ3) is 14.9. The van der Waals surface area contributed by atoms with E-state index in [4.69, 9.17) is 20.2 Å². The summed E-state index contributed by atoms with van der Waals surface area (Å²) in [5.41, 5.74) is 5.67. The Balaban J connectivity index is 0. The van der Waals surface area contributed by atoms with E-state index in [2.05, 4.69) is 27.7 Å². The first-order valence-corrected chi connectivity index (χ1v) is 14.5. The molecule has 1 aromatic rings. The number of ether oxygens (including phenoxy) is 2. The normalized spacial score (nSPS) is 11.3. The minimum Gasteiger partial charge on any atom is -0.465 e. The monoisotopic (exact) mass is 554 g/mol. The van der Waals surface area contributed by atoms with Crippen LogP contribution in [-0.2, 0) is 19.1 Å². The van der Waals surface area contributed by atoms with Gasteiger partial charge in [0.25, 0.3) is 0 Å². The summed E-state index contributed by atoms with van der Waals surface area (Å²) in [6.07, 6.45) is 13.0. The lowest BCUT2D eigenvalue weighted by atomic mass is 9.87. The molecule has 0 aliphatic heterocycles. The Morgan fingerprint density at radius 3 is 1.58 bits per heavy atom. The lowest BCUT2D eigenvalue weighted by Crippen LogP contribution is -2.49. The van der Waals surface area contributed by atoms with Crippen LogP contribution in [0.15, 0.2) is 35.3 Å². The highest BCUT2D eigenvalue weighted by atomic mass is 35.5. The van der Waals surface area contributed by atoms with Crippen LogP contribution in [0.3, 0.4) is 0 Å². The first-order chi connectivity index (χ1) is 17.8. The fraction of sp³-hybridized carbons (Fsp3) is 0.710. The van der Waals surface area contributed by atoms with Crippen LogP contribution in [0.4, 0.5) is 0 Å². The standard InChI is InChI=1S/C19H29NO2.C12H25NO2.ClH/c1-4-7-14-19(15-8-5-2,18(21)22-6-3)20-16-17-12-10-9-11-13-17;1-4-7-9-12(13,10-8-5-2)11(14)15-6-3;/h9-13,16H,4-8,14-15H2,1-3H3;4-10,13H2,1-3H3;1H. The molecule has 0 atom stereocenters. The number of carbonyl (C=O) groups excluding carboxylic acids is 2. The number of halogens is 1. The quantitative estimate of drug-likeness (QED) is 0.147. The van der Waals surface area contributed by atoms with Gasteiger partial charge in [-0.2, -0.15) is 0 Å². The van der Waals surface area contributed by atoms with Gasteiger partial charge in [0.15, 0.2) is 5.54 Å². The molecule has 0 aromatic heterocycles. The Kier molecular flexibility index (Phi) is 23.1. The van der Waals surface area contributed by atoms with Gasteiger partial charge in [0.2, 0.25) is 0 Å². The summed E-state index contributed by atoms with van der Waals surface area (Å²) < 4.78 is 10.4. The fourth-order valence-corrected chi connectivity index (χ4v) is 4.04. The van der Waals surface area contributed by atoms with Crippen LogP contribution in [0.2, 0.25) is 0 Å². The molecule has 0 unspecified atom stereocenters. The number of hydrogen-bond acceptors (Lipinski definition) is 6. The molecule has 2 N–H and O–H groups in total. The van der Waals surface area contributed by atoms with E-state index in [0.717, 1.165) is 82.6 Å². The molecule has 0 aliphatic carbocycles. The van der Waals surface area contributed by atoms with Crippen molar-refractivity contribution in [2.24, 2.45) is 10.7 Å². The lowest BCUT2D eigenvalue weighted by Gasteiger charge is -2.27. The van der Waals surface area contributed by atoms with E-state index < -0.39 is 11.1 Å². The molecule has 0 spiro atoms. The molecule has 0 saturated carbocycles. The van der Waals surface area contributed by atoms with Crippen molar-refractivity contribution >= 4 is 30.6 Å². The van der Waals surface area contributed by atoms with E-state index in [1.54, 1.807) is 0 Å². The summed E-state index contributed by atoms with van der Waals surface area (Å²) in [6, 6.07) is 9.93. The first-order valence-electron chi connectivity index (χ1n) is 14.5. The van der Waals surface area contributed by atoms with Crippen molar-refractivity contribution in [3.05, 3.63) is 35.9 Å². The van der Waals surface area contributed by atoms with Crippen LogP contribution in [0.5, 0.6) is 0 Å². The van der Waals surface area contributed by atoms with Crippen molar-refractivity contribution in [3.8, 4) is 0 Å². The third-order valence-electron chi connectivity index (χ3n) is 6.44. The molecule has 38 heavy (non-hydrogen) atoms. The summed E-state index contributed by atoms with van der Waals surface area (Å²) in [4.78, 5) is 29.0. The topological polar surface area (TPSA) is 91.0 Å². The second-order valence-corrected chi connectivity index (χ2v) is 9.71.